The summed E-state index contributed by atoms with van der Waals surface area (Å²) in [6.45, 7) is 3.48. The van der Waals surface area contributed by atoms with Gasteiger partial charge in [0.05, 0.1) is 5.69 Å². The second-order valence-electron chi connectivity index (χ2n) is 6.94. The van der Waals surface area contributed by atoms with Gasteiger partial charge in [-0.3, -0.25) is 9.89 Å². The molecule has 26 heavy (non-hydrogen) atoms. The molecule has 3 rings (SSSR count). The number of likely N-dealkylation sites (tertiary alicyclic amines) is 1. The summed E-state index contributed by atoms with van der Waals surface area (Å²) in [5.41, 5.74) is 1.29. The van der Waals surface area contributed by atoms with Crippen molar-refractivity contribution in [2.45, 2.75) is 44.9 Å². The van der Waals surface area contributed by atoms with Crippen LogP contribution in [0.4, 0.5) is 10.2 Å². The van der Waals surface area contributed by atoms with Crippen LogP contribution in [0.15, 0.2) is 30.3 Å². The van der Waals surface area contributed by atoms with Crippen LogP contribution in [0.3, 0.4) is 0 Å². The molecule has 2 heterocycles. The number of carbonyl (C=O) groups excluding carboxylic acids is 1. The van der Waals surface area contributed by atoms with Crippen LogP contribution in [0.25, 0.3) is 11.3 Å². The molecule has 0 bridgehead atoms. The van der Waals surface area contributed by atoms with Gasteiger partial charge < -0.3 is 10.2 Å². The summed E-state index contributed by atoms with van der Waals surface area (Å²) < 4.78 is 13.3. The van der Waals surface area contributed by atoms with E-state index in [-0.39, 0.29) is 11.7 Å². The molecular weight excluding hydrogens is 331 g/mol. The average molecular weight is 358 g/mol. The minimum atomic E-state index is -0.305. The second kappa shape index (κ2) is 9.48. The number of aromatic nitrogens is 2. The molecular formula is C20H27FN4O. The lowest BCUT2D eigenvalue weighted by Crippen LogP contribution is -2.25. The van der Waals surface area contributed by atoms with Gasteiger partial charge in [-0.1, -0.05) is 25.0 Å². The lowest BCUT2D eigenvalue weighted by molar-refractivity contribution is -0.116. The summed E-state index contributed by atoms with van der Waals surface area (Å²) in [6.07, 6.45) is 7.73. The molecule has 1 fully saturated rings. The number of amides is 1. The predicted octanol–water partition coefficient (Wildman–Crippen LogP) is 4.20. The van der Waals surface area contributed by atoms with Crippen molar-refractivity contribution in [3.63, 3.8) is 0 Å². The molecule has 1 aliphatic heterocycles. The molecule has 2 aromatic rings. The van der Waals surface area contributed by atoms with E-state index in [1.54, 1.807) is 18.2 Å². The molecule has 5 nitrogen and oxygen atoms in total. The Hall–Kier alpha value is -2.21. The zero-order valence-corrected chi connectivity index (χ0v) is 15.1. The molecule has 1 aromatic carbocycles. The molecule has 1 aromatic heterocycles. The molecule has 1 saturated heterocycles. The zero-order valence-electron chi connectivity index (χ0n) is 15.1. The van der Waals surface area contributed by atoms with E-state index in [0.717, 1.165) is 19.4 Å². The van der Waals surface area contributed by atoms with Crippen molar-refractivity contribution < 1.29 is 9.18 Å². The van der Waals surface area contributed by atoms with Crippen LogP contribution < -0.4 is 5.32 Å². The zero-order chi connectivity index (χ0) is 18.2. The minimum absolute atomic E-state index is 0.0182. The van der Waals surface area contributed by atoms with Crippen molar-refractivity contribution in [2.24, 2.45) is 0 Å². The number of nitrogens with zero attached hydrogens (tertiary/aromatic N) is 2. The van der Waals surface area contributed by atoms with E-state index in [4.69, 9.17) is 0 Å². The van der Waals surface area contributed by atoms with E-state index in [1.165, 1.54) is 50.9 Å². The van der Waals surface area contributed by atoms with E-state index in [9.17, 15) is 9.18 Å². The third-order valence-corrected chi connectivity index (χ3v) is 4.80. The largest absolute Gasteiger partial charge is 0.311 e. The van der Waals surface area contributed by atoms with Crippen molar-refractivity contribution in [1.29, 1.82) is 0 Å². The fourth-order valence-corrected chi connectivity index (χ4v) is 3.37. The molecule has 0 spiro atoms. The summed E-state index contributed by atoms with van der Waals surface area (Å²) >= 11 is 0. The molecule has 0 radical (unpaired) electrons. The van der Waals surface area contributed by atoms with Crippen LogP contribution in [0.5, 0.6) is 0 Å². The Kier molecular flexibility index (Phi) is 6.77. The van der Waals surface area contributed by atoms with E-state index in [0.29, 0.717) is 23.5 Å². The van der Waals surface area contributed by atoms with Gasteiger partial charge in [0, 0.05) is 18.1 Å². The maximum atomic E-state index is 13.3. The lowest BCUT2D eigenvalue weighted by Gasteiger charge is -2.19. The number of aromatic amines is 1. The standard InChI is InChI=1S/C20H27FN4O/c21-17-9-7-8-16(14-17)18-15-19(24-23-18)22-20(26)10-3-6-13-25-11-4-1-2-5-12-25/h7-9,14-15H,1-6,10-13H2,(H2,22,23,24,26). The number of nitrogens with one attached hydrogen (secondary N) is 2. The fraction of sp³-hybridized carbons (Fsp3) is 0.500. The van der Waals surface area contributed by atoms with Gasteiger partial charge in [0.1, 0.15) is 11.6 Å². The number of H-pyrrole nitrogens is 1. The van der Waals surface area contributed by atoms with Crippen LogP contribution in [0, 0.1) is 5.82 Å². The molecule has 2 N–H and O–H groups in total. The second-order valence-corrected chi connectivity index (χ2v) is 6.94. The van der Waals surface area contributed by atoms with Gasteiger partial charge >= 0.3 is 0 Å². The van der Waals surface area contributed by atoms with Gasteiger partial charge in [0.2, 0.25) is 5.91 Å². The number of halogens is 1. The summed E-state index contributed by atoms with van der Waals surface area (Å²) in [6, 6.07) is 7.97. The van der Waals surface area contributed by atoms with Crippen LogP contribution in [0.2, 0.25) is 0 Å². The van der Waals surface area contributed by atoms with Gasteiger partial charge in [0.15, 0.2) is 0 Å². The summed E-state index contributed by atoms with van der Waals surface area (Å²) in [4.78, 5) is 14.6. The first-order valence-electron chi connectivity index (χ1n) is 9.54. The van der Waals surface area contributed by atoms with Crippen molar-refractivity contribution in [3.05, 3.63) is 36.1 Å². The first-order chi connectivity index (χ1) is 12.7. The Morgan fingerprint density at radius 3 is 2.73 bits per heavy atom. The summed E-state index contributed by atoms with van der Waals surface area (Å²) in [5, 5.41) is 9.76. The van der Waals surface area contributed by atoms with E-state index in [2.05, 4.69) is 20.4 Å². The average Bonchev–Trinajstić information content (AvgIpc) is 2.93. The Morgan fingerprint density at radius 1 is 1.15 bits per heavy atom. The first kappa shape index (κ1) is 18.6. The normalized spacial score (nSPS) is 15.6. The molecule has 0 saturated carbocycles. The highest BCUT2D eigenvalue weighted by Crippen LogP contribution is 2.20. The van der Waals surface area contributed by atoms with Gasteiger partial charge in [-0.05, 0) is 57.5 Å². The van der Waals surface area contributed by atoms with Crippen molar-refractivity contribution in [1.82, 2.24) is 15.1 Å². The van der Waals surface area contributed by atoms with Crippen LogP contribution >= 0.6 is 0 Å². The molecule has 0 atom stereocenters. The Morgan fingerprint density at radius 2 is 1.96 bits per heavy atom. The highest BCUT2D eigenvalue weighted by atomic mass is 19.1. The Balaban J connectivity index is 1.39. The molecule has 0 unspecified atom stereocenters. The number of benzene rings is 1. The predicted molar refractivity (Wildman–Crippen MR) is 101 cm³/mol. The fourth-order valence-electron chi connectivity index (χ4n) is 3.37. The van der Waals surface area contributed by atoms with Gasteiger partial charge in [-0.2, -0.15) is 5.10 Å². The number of carbonyl (C=O) groups is 1. The van der Waals surface area contributed by atoms with Gasteiger partial charge in [-0.15, -0.1) is 0 Å². The molecule has 1 amide bonds. The van der Waals surface area contributed by atoms with Crippen molar-refractivity contribution in [2.75, 3.05) is 25.0 Å². The van der Waals surface area contributed by atoms with E-state index in [1.807, 2.05) is 0 Å². The van der Waals surface area contributed by atoms with Crippen LogP contribution in [0.1, 0.15) is 44.9 Å². The summed E-state index contributed by atoms with van der Waals surface area (Å²) in [5.74, 6) is 0.220. The maximum absolute atomic E-state index is 13.3. The number of anilines is 1. The molecule has 0 aliphatic carbocycles. The molecule has 140 valence electrons. The van der Waals surface area contributed by atoms with Gasteiger partial charge in [-0.25, -0.2) is 4.39 Å². The first-order valence-corrected chi connectivity index (χ1v) is 9.54. The number of hydrogen-bond acceptors (Lipinski definition) is 3. The topological polar surface area (TPSA) is 61.0 Å². The minimum Gasteiger partial charge on any atom is -0.311 e. The van der Waals surface area contributed by atoms with Crippen LogP contribution in [-0.2, 0) is 4.79 Å². The smallest absolute Gasteiger partial charge is 0.225 e. The highest BCUT2D eigenvalue weighted by molar-refractivity contribution is 5.90. The lowest BCUT2D eigenvalue weighted by atomic mass is 10.1. The number of rotatable bonds is 7. The van der Waals surface area contributed by atoms with E-state index >= 15 is 0 Å². The SMILES string of the molecule is O=C(CCCCN1CCCCCC1)Nc1cc(-c2cccc(F)c2)n[nH]1. The van der Waals surface area contributed by atoms with Gasteiger partial charge in [0.25, 0.3) is 0 Å². The molecule has 1 aliphatic rings. The number of hydrogen-bond donors (Lipinski definition) is 2. The van der Waals surface area contributed by atoms with Crippen molar-refractivity contribution in [3.8, 4) is 11.3 Å². The monoisotopic (exact) mass is 358 g/mol. The van der Waals surface area contributed by atoms with E-state index < -0.39 is 0 Å². The Bertz CT molecular complexity index is 707. The highest BCUT2D eigenvalue weighted by Gasteiger charge is 2.10. The van der Waals surface area contributed by atoms with Crippen molar-refractivity contribution >= 4 is 11.7 Å². The molecule has 6 heteroatoms. The number of unbranched alkanes of at least 4 members (excludes halogenated alkanes) is 1. The third-order valence-electron chi connectivity index (χ3n) is 4.80. The Labute approximate surface area is 154 Å². The summed E-state index contributed by atoms with van der Waals surface area (Å²) in [7, 11) is 0. The third kappa shape index (κ3) is 5.66. The maximum Gasteiger partial charge on any atom is 0.225 e. The quantitative estimate of drug-likeness (QED) is 0.729. The van der Waals surface area contributed by atoms with Crippen LogP contribution in [-0.4, -0.2) is 40.6 Å².